The van der Waals surface area contributed by atoms with E-state index in [1.807, 2.05) is 0 Å². The van der Waals surface area contributed by atoms with Crippen LogP contribution >= 0.6 is 0 Å². The second kappa shape index (κ2) is 12.1. The quantitative estimate of drug-likeness (QED) is 0.175. The number of para-hydroxylation sites is 3. The van der Waals surface area contributed by atoms with Crippen molar-refractivity contribution in [3.63, 3.8) is 0 Å². The first kappa shape index (κ1) is 29.3. The molecule has 0 aromatic heterocycles. The molecule has 10 rings (SSSR count). The Morgan fingerprint density at radius 1 is 0.471 bits per heavy atom. The number of rotatable bonds is 3. The van der Waals surface area contributed by atoms with Crippen molar-refractivity contribution >= 4 is 66.6 Å². The van der Waals surface area contributed by atoms with E-state index in [9.17, 15) is 0 Å². The topological polar surface area (TPSA) is 28.0 Å². The molecule has 1 unspecified atom stereocenters. The van der Waals surface area contributed by atoms with Gasteiger partial charge in [-0.2, -0.15) is 0 Å². The van der Waals surface area contributed by atoms with Crippen LogP contribution < -0.4 is 4.90 Å². The molecule has 0 amide bonds. The lowest BCUT2D eigenvalue weighted by molar-refractivity contribution is 0.905. The van der Waals surface area contributed by atoms with E-state index in [1.54, 1.807) is 0 Å². The van der Waals surface area contributed by atoms with Gasteiger partial charge in [-0.05, 0) is 86.3 Å². The van der Waals surface area contributed by atoms with E-state index >= 15 is 0 Å². The minimum atomic E-state index is -0.0411. The number of anilines is 3. The van der Waals surface area contributed by atoms with Crippen LogP contribution in [0.5, 0.6) is 0 Å². The number of hydrogen-bond donors (Lipinski definition) is 0. The highest BCUT2D eigenvalue weighted by Gasteiger charge is 2.30. The Balaban J connectivity index is 1.27. The maximum atomic E-state index is 5.65. The van der Waals surface area contributed by atoms with Gasteiger partial charge in [-0.3, -0.25) is 0 Å². The van der Waals surface area contributed by atoms with Gasteiger partial charge in [-0.15, -0.1) is 0 Å². The molecule has 1 atom stereocenters. The van der Waals surface area contributed by atoms with Crippen molar-refractivity contribution in [1.29, 1.82) is 0 Å². The zero-order chi connectivity index (χ0) is 33.7. The maximum Gasteiger partial charge on any atom is 0.160 e. The molecule has 2 aliphatic heterocycles. The average Bonchev–Trinajstić information content (AvgIpc) is 3.23. The Morgan fingerprint density at radius 2 is 1.12 bits per heavy atom. The highest BCUT2D eigenvalue weighted by atomic mass is 15.2. The molecule has 8 aromatic carbocycles. The van der Waals surface area contributed by atoms with Gasteiger partial charge >= 0.3 is 0 Å². The summed E-state index contributed by atoms with van der Waals surface area (Å²) in [5.74, 6) is 0.673. The summed E-state index contributed by atoms with van der Waals surface area (Å²) in [6.45, 7) is 0. The van der Waals surface area contributed by atoms with Crippen molar-refractivity contribution in [2.24, 2.45) is 9.98 Å². The normalized spacial score (nSPS) is 18.5. The molecule has 0 saturated carbocycles. The van der Waals surface area contributed by atoms with Gasteiger partial charge in [0.05, 0.1) is 22.8 Å². The van der Waals surface area contributed by atoms with Crippen molar-refractivity contribution in [2.75, 3.05) is 4.90 Å². The van der Waals surface area contributed by atoms with Crippen LogP contribution in [0.3, 0.4) is 0 Å². The molecule has 0 fully saturated rings. The Kier molecular flexibility index (Phi) is 6.95. The van der Waals surface area contributed by atoms with Crippen molar-refractivity contribution < 1.29 is 0 Å². The summed E-state index contributed by atoms with van der Waals surface area (Å²) in [4.78, 5) is 13.5. The minimum Gasteiger partial charge on any atom is -0.310 e. The molecule has 240 valence electrons. The predicted molar refractivity (Wildman–Crippen MR) is 215 cm³/mol. The molecule has 2 bridgehead atoms. The summed E-state index contributed by atoms with van der Waals surface area (Å²) < 4.78 is 0. The minimum absolute atomic E-state index is 0.0411. The van der Waals surface area contributed by atoms with Crippen LogP contribution in [-0.4, -0.2) is 11.5 Å². The Bertz CT molecular complexity index is 2740. The number of benzene rings is 8. The van der Waals surface area contributed by atoms with E-state index in [-0.39, 0.29) is 5.92 Å². The Hall–Kier alpha value is -6.58. The molecule has 51 heavy (non-hydrogen) atoms. The average molecular weight is 652 g/mol. The monoisotopic (exact) mass is 651 g/mol. The molecule has 3 heteroatoms. The lowest BCUT2D eigenvalue weighted by Gasteiger charge is -2.30. The van der Waals surface area contributed by atoms with Gasteiger partial charge < -0.3 is 4.90 Å². The molecular formula is C48H33N3. The van der Waals surface area contributed by atoms with Crippen molar-refractivity contribution in [3.8, 4) is 0 Å². The number of nitrogens with zero attached hydrogens (tertiary/aromatic N) is 3. The van der Waals surface area contributed by atoms with Crippen LogP contribution in [0, 0.1) is 0 Å². The highest BCUT2D eigenvalue weighted by Crippen LogP contribution is 2.46. The van der Waals surface area contributed by atoms with Gasteiger partial charge in [-0.1, -0.05) is 146 Å². The van der Waals surface area contributed by atoms with Crippen LogP contribution in [-0.2, 0) is 0 Å². The van der Waals surface area contributed by atoms with Crippen LogP contribution in [0.15, 0.2) is 192 Å². The molecule has 0 saturated heterocycles. The van der Waals surface area contributed by atoms with Crippen molar-refractivity contribution in [3.05, 3.63) is 204 Å². The first-order valence-electron chi connectivity index (χ1n) is 17.6. The first-order chi connectivity index (χ1) is 25.3. The van der Waals surface area contributed by atoms with Gasteiger partial charge in [0.15, 0.2) is 5.84 Å². The third-order valence-corrected chi connectivity index (χ3v) is 10.4. The number of aliphatic imine (C=N–C) groups is 2. The molecule has 0 spiro atoms. The van der Waals surface area contributed by atoms with Crippen LogP contribution in [0.25, 0.3) is 38.0 Å². The van der Waals surface area contributed by atoms with E-state index in [0.717, 1.165) is 51.6 Å². The summed E-state index contributed by atoms with van der Waals surface area (Å²) in [5, 5.41) is 7.32. The molecular weight excluding hydrogens is 619 g/mol. The predicted octanol–water partition coefficient (Wildman–Crippen LogP) is 12.4. The van der Waals surface area contributed by atoms with Crippen molar-refractivity contribution in [2.45, 2.75) is 12.3 Å². The van der Waals surface area contributed by atoms with Gasteiger partial charge in [0.2, 0.25) is 0 Å². The third kappa shape index (κ3) is 5.05. The van der Waals surface area contributed by atoms with Gasteiger partial charge in [0.1, 0.15) is 0 Å². The summed E-state index contributed by atoms with van der Waals surface area (Å²) in [6.07, 6.45) is 3.09. The molecule has 0 N–H and O–H groups in total. The lowest BCUT2D eigenvalue weighted by atomic mass is 9.84. The van der Waals surface area contributed by atoms with Gasteiger partial charge in [-0.25, -0.2) is 9.98 Å². The largest absolute Gasteiger partial charge is 0.310 e. The standard InChI is InChI=1S/C48H33N3/c1-2-15-38(16-3-1)51-45-20-10-8-18-41(45)42-28-29-44(43-19-9-11-21-46(43)51)49-48(37-25-22-32-12-4-5-14-34(32)30-37)50-47(42)36-26-27-40-35(31-36)24-23-33-13-6-7-17-39(33)40/h1-27,29-31,42H,28H2/b44-29+,49-48-,50-47-. The van der Waals surface area contributed by atoms with E-state index < -0.39 is 0 Å². The lowest BCUT2D eigenvalue weighted by Crippen LogP contribution is -2.20. The molecule has 2 heterocycles. The number of hydrogen-bond acceptors (Lipinski definition) is 3. The fourth-order valence-corrected chi connectivity index (χ4v) is 7.91. The van der Waals surface area contributed by atoms with E-state index in [0.29, 0.717) is 5.84 Å². The van der Waals surface area contributed by atoms with Gasteiger partial charge in [0, 0.05) is 22.7 Å². The first-order valence-corrected chi connectivity index (χ1v) is 17.6. The highest BCUT2D eigenvalue weighted by molar-refractivity contribution is 6.19. The Morgan fingerprint density at radius 3 is 2.02 bits per heavy atom. The third-order valence-electron chi connectivity index (χ3n) is 10.4. The zero-order valence-corrected chi connectivity index (χ0v) is 27.9. The fraction of sp³-hybridized carbons (Fsp3) is 0.0417. The summed E-state index contributed by atoms with van der Waals surface area (Å²) in [7, 11) is 0. The molecule has 0 radical (unpaired) electrons. The smallest absolute Gasteiger partial charge is 0.160 e. The summed E-state index contributed by atoms with van der Waals surface area (Å²) in [6, 6.07) is 63.2. The van der Waals surface area contributed by atoms with E-state index in [4.69, 9.17) is 9.98 Å². The fourth-order valence-electron chi connectivity index (χ4n) is 7.91. The SMILES string of the molecule is C1=C2/N=C(c3ccc4ccccc4c3)\N=C(\c3ccc4c(ccc5ccccc54)c3)C(C/1)c1ccccc1N(c1ccccc1)c1ccccc12. The Labute approximate surface area is 297 Å². The number of fused-ring (bicyclic) bond motifs is 10. The molecule has 2 aliphatic rings. The second-order valence-electron chi connectivity index (χ2n) is 13.3. The van der Waals surface area contributed by atoms with Crippen molar-refractivity contribution in [1.82, 2.24) is 0 Å². The number of allylic oxidation sites excluding steroid dienone is 1. The summed E-state index contributed by atoms with van der Waals surface area (Å²) in [5.41, 5.74) is 9.68. The van der Waals surface area contributed by atoms with E-state index in [1.165, 1.54) is 37.9 Å². The molecule has 3 nitrogen and oxygen atoms in total. The van der Waals surface area contributed by atoms with Crippen LogP contribution in [0.2, 0.25) is 0 Å². The zero-order valence-electron chi connectivity index (χ0n) is 27.9. The van der Waals surface area contributed by atoms with E-state index in [2.05, 4.69) is 187 Å². The van der Waals surface area contributed by atoms with Crippen LogP contribution in [0.1, 0.15) is 34.6 Å². The maximum absolute atomic E-state index is 5.65. The molecule has 8 aromatic rings. The number of amidine groups is 1. The second-order valence-corrected chi connectivity index (χ2v) is 13.3. The summed E-state index contributed by atoms with van der Waals surface area (Å²) >= 11 is 0. The van der Waals surface area contributed by atoms with Crippen LogP contribution in [0.4, 0.5) is 17.1 Å². The van der Waals surface area contributed by atoms with Gasteiger partial charge in [0.25, 0.3) is 0 Å². The molecule has 0 aliphatic carbocycles.